The van der Waals surface area contributed by atoms with Gasteiger partial charge in [-0.3, -0.25) is 0 Å². The molecule has 8 nitrogen and oxygen atoms in total. The van der Waals surface area contributed by atoms with Crippen molar-refractivity contribution in [1.82, 2.24) is 30.0 Å². The molecule has 10 heteroatoms. The van der Waals surface area contributed by atoms with Crippen LogP contribution in [0.5, 0.6) is 11.5 Å². The molecule has 0 fully saturated rings. The third-order valence-electron chi connectivity index (χ3n) is 5.11. The van der Waals surface area contributed by atoms with E-state index in [4.69, 9.17) is 9.47 Å². The molecule has 5 rings (SSSR count). The Balaban J connectivity index is 0.00000180. The molecule has 0 saturated carbocycles. The zero-order valence-electron chi connectivity index (χ0n) is 19.6. The molecule has 0 N–H and O–H groups in total. The molecule has 0 bridgehead atoms. The summed E-state index contributed by atoms with van der Waals surface area (Å²) in [4.78, 5) is 0. The van der Waals surface area contributed by atoms with Crippen LogP contribution in [0.3, 0.4) is 0 Å². The van der Waals surface area contributed by atoms with Gasteiger partial charge in [0, 0.05) is 84.6 Å². The molecule has 36 heavy (non-hydrogen) atoms. The van der Waals surface area contributed by atoms with Crippen LogP contribution in [0.1, 0.15) is 22.5 Å². The standard InChI is InChI=1S/C26H22N6O2.2Y/c1-3-8-21(9-4-1)16-31-18-23(28-30-31)19-33-25-12-7-13-26(14-25)34-20-24-15-27-29-32(24)17-22-10-5-2-6-11-22;;/h3-15,18H,16-17,19-20H2;;/q-2;;. The van der Waals surface area contributed by atoms with E-state index in [0.717, 1.165) is 22.5 Å². The molecule has 0 aliphatic carbocycles. The fraction of sp³-hybridized carbons (Fsp3) is 0.154. The van der Waals surface area contributed by atoms with Gasteiger partial charge < -0.3 is 9.47 Å². The molecular formula is C26H22N6O2Y2-2. The second-order valence-corrected chi connectivity index (χ2v) is 7.66. The van der Waals surface area contributed by atoms with E-state index >= 15 is 0 Å². The van der Waals surface area contributed by atoms with Gasteiger partial charge in [0.1, 0.15) is 30.4 Å². The van der Waals surface area contributed by atoms with Crippen LogP contribution >= 0.6 is 0 Å². The first-order chi connectivity index (χ1) is 16.8. The molecule has 0 atom stereocenters. The zero-order chi connectivity index (χ0) is 23.0. The molecule has 5 aromatic rings. The number of hydrogen-bond acceptors (Lipinski definition) is 6. The minimum Gasteiger partial charge on any atom is -0.487 e. The monoisotopic (exact) mass is 628 g/mol. The van der Waals surface area contributed by atoms with Gasteiger partial charge in [-0.15, -0.1) is 21.3 Å². The molecular weight excluding hydrogens is 606 g/mol. The van der Waals surface area contributed by atoms with Crippen LogP contribution in [-0.2, 0) is 91.7 Å². The summed E-state index contributed by atoms with van der Waals surface area (Å²) >= 11 is 0. The van der Waals surface area contributed by atoms with Gasteiger partial charge >= 0.3 is 0 Å². The summed E-state index contributed by atoms with van der Waals surface area (Å²) in [6, 6.07) is 29.1. The summed E-state index contributed by atoms with van der Waals surface area (Å²) in [5.74, 6) is 1.39. The molecule has 0 saturated heterocycles. The molecule has 0 amide bonds. The summed E-state index contributed by atoms with van der Waals surface area (Å²) in [7, 11) is 0. The maximum absolute atomic E-state index is 5.97. The first-order valence-corrected chi connectivity index (χ1v) is 10.8. The molecule has 2 aromatic heterocycles. The number of hydrogen-bond donors (Lipinski definition) is 0. The van der Waals surface area contributed by atoms with Crippen LogP contribution in [0.25, 0.3) is 0 Å². The molecule has 0 unspecified atom stereocenters. The number of rotatable bonds is 10. The van der Waals surface area contributed by atoms with Gasteiger partial charge in [-0.2, -0.15) is 60.7 Å². The van der Waals surface area contributed by atoms with E-state index in [1.54, 1.807) is 10.9 Å². The van der Waals surface area contributed by atoms with Crippen molar-refractivity contribution in [1.29, 1.82) is 0 Å². The van der Waals surface area contributed by atoms with Crippen molar-refractivity contribution in [2.45, 2.75) is 26.3 Å². The average molecular weight is 628 g/mol. The Morgan fingerprint density at radius 1 is 0.750 bits per heavy atom. The van der Waals surface area contributed by atoms with E-state index in [0.29, 0.717) is 37.8 Å². The maximum atomic E-state index is 5.97. The molecule has 3 aromatic carbocycles. The maximum Gasteiger partial charge on any atom is 0.134 e. The quantitative estimate of drug-likeness (QED) is 0.220. The zero-order valence-corrected chi connectivity index (χ0v) is 25.2. The largest absolute Gasteiger partial charge is 0.487 e. The Bertz CT molecular complexity index is 1330. The minimum atomic E-state index is 0. The SMILES string of the molecule is [Y].[Y].[c-]1ccc(Cn2cc(COc3cccc(OCc4cnnn4Cc4cc[c-]cc4)c3)nn2)cc1. The van der Waals surface area contributed by atoms with Crippen LogP contribution < -0.4 is 9.47 Å². The van der Waals surface area contributed by atoms with Gasteiger partial charge in [-0.25, -0.2) is 9.36 Å². The summed E-state index contributed by atoms with van der Waals surface area (Å²) in [5, 5.41) is 16.6. The molecule has 0 spiro atoms. The van der Waals surface area contributed by atoms with E-state index in [2.05, 4.69) is 32.8 Å². The topological polar surface area (TPSA) is 79.9 Å². The van der Waals surface area contributed by atoms with Crippen LogP contribution in [0.4, 0.5) is 0 Å². The van der Waals surface area contributed by atoms with Crippen molar-refractivity contribution >= 4 is 0 Å². The van der Waals surface area contributed by atoms with E-state index in [1.165, 1.54) is 0 Å². The van der Waals surface area contributed by atoms with Gasteiger partial charge in [-0.05, 0) is 12.1 Å². The van der Waals surface area contributed by atoms with Gasteiger partial charge in [0.05, 0.1) is 18.1 Å². The van der Waals surface area contributed by atoms with Crippen molar-refractivity contribution in [3.8, 4) is 11.5 Å². The molecule has 2 heterocycles. The van der Waals surface area contributed by atoms with Crippen LogP contribution in [-0.4, -0.2) is 30.0 Å². The number of nitrogens with zero attached hydrogens (tertiary/aromatic N) is 6. The van der Waals surface area contributed by atoms with Gasteiger partial charge in [0.15, 0.2) is 0 Å². The predicted molar refractivity (Wildman–Crippen MR) is 124 cm³/mol. The first kappa shape index (κ1) is 28.3. The third-order valence-corrected chi connectivity index (χ3v) is 5.11. The average Bonchev–Trinajstić information content (AvgIpc) is 3.52. The first-order valence-electron chi connectivity index (χ1n) is 10.8. The Labute approximate surface area is 260 Å². The van der Waals surface area contributed by atoms with Crippen molar-refractivity contribution < 1.29 is 74.9 Å². The normalized spacial score (nSPS) is 10.2. The van der Waals surface area contributed by atoms with E-state index < -0.39 is 0 Å². The second-order valence-electron chi connectivity index (χ2n) is 7.66. The molecule has 176 valence electrons. The Morgan fingerprint density at radius 2 is 1.39 bits per heavy atom. The summed E-state index contributed by atoms with van der Waals surface area (Å²) in [6.45, 7) is 1.94. The number of ether oxygens (including phenoxy) is 2. The summed E-state index contributed by atoms with van der Waals surface area (Å²) in [5.41, 5.74) is 3.90. The van der Waals surface area contributed by atoms with Crippen molar-refractivity contribution in [2.24, 2.45) is 0 Å². The number of aromatic nitrogens is 6. The minimum absolute atomic E-state index is 0. The van der Waals surface area contributed by atoms with E-state index in [9.17, 15) is 0 Å². The fourth-order valence-electron chi connectivity index (χ4n) is 3.39. The van der Waals surface area contributed by atoms with Gasteiger partial charge in [0.2, 0.25) is 0 Å². The summed E-state index contributed by atoms with van der Waals surface area (Å²) < 4.78 is 15.5. The van der Waals surface area contributed by atoms with Gasteiger partial charge in [-0.1, -0.05) is 16.5 Å². The van der Waals surface area contributed by atoms with E-state index in [-0.39, 0.29) is 65.4 Å². The van der Waals surface area contributed by atoms with E-state index in [1.807, 2.05) is 83.7 Å². The van der Waals surface area contributed by atoms with Crippen LogP contribution in [0.15, 0.2) is 85.2 Å². The van der Waals surface area contributed by atoms with Crippen LogP contribution in [0.2, 0.25) is 0 Å². The third kappa shape index (κ3) is 8.13. The Hall–Kier alpha value is -2.25. The van der Waals surface area contributed by atoms with Crippen molar-refractivity contribution in [2.75, 3.05) is 0 Å². The summed E-state index contributed by atoms with van der Waals surface area (Å²) in [6.07, 6.45) is 3.60. The Kier molecular flexibility index (Phi) is 11.4. The Morgan fingerprint density at radius 3 is 2.08 bits per heavy atom. The number of benzene rings is 3. The smallest absolute Gasteiger partial charge is 0.134 e. The molecule has 0 aliphatic heterocycles. The molecule has 2 radical (unpaired) electrons. The van der Waals surface area contributed by atoms with Gasteiger partial charge in [0.25, 0.3) is 0 Å². The van der Waals surface area contributed by atoms with Crippen LogP contribution in [0, 0.1) is 12.1 Å². The fourth-order valence-corrected chi connectivity index (χ4v) is 3.39. The van der Waals surface area contributed by atoms with Crippen molar-refractivity contribution in [3.63, 3.8) is 0 Å². The molecule has 0 aliphatic rings. The predicted octanol–water partition coefficient (Wildman–Crippen LogP) is 3.72. The second kappa shape index (κ2) is 14.5. The van der Waals surface area contributed by atoms with Crippen molar-refractivity contribution in [3.05, 3.63) is 120 Å².